The number of carbonyl (C=O) groups is 1. The summed E-state index contributed by atoms with van der Waals surface area (Å²) in [5, 5.41) is 8.13. The van der Waals surface area contributed by atoms with Crippen molar-refractivity contribution in [1.82, 2.24) is 15.1 Å². The van der Waals surface area contributed by atoms with E-state index >= 15 is 0 Å². The highest BCUT2D eigenvalue weighted by molar-refractivity contribution is 5.80. The Hall–Kier alpha value is -3.15. The molecule has 0 aliphatic rings. The van der Waals surface area contributed by atoms with E-state index in [1.165, 1.54) is 0 Å². The number of aryl methyl sites for hydroxylation is 1. The quantitative estimate of drug-likeness (QED) is 0.636. The van der Waals surface area contributed by atoms with Gasteiger partial charge in [0, 0.05) is 12.6 Å². The Kier molecular flexibility index (Phi) is 5.86. The van der Waals surface area contributed by atoms with Crippen LogP contribution in [0.15, 0.2) is 59.0 Å². The van der Waals surface area contributed by atoms with Crippen molar-refractivity contribution in [2.24, 2.45) is 0 Å². The predicted octanol–water partition coefficient (Wildman–Crippen LogP) is 3.86. The van der Waals surface area contributed by atoms with Gasteiger partial charge in [-0.25, -0.2) is 0 Å². The molecule has 6 heteroatoms. The second-order valence-corrected chi connectivity index (χ2v) is 6.39. The number of hydrogen-bond acceptors (Lipinski definition) is 5. The normalized spacial score (nSPS) is 11.8. The van der Waals surface area contributed by atoms with Gasteiger partial charge >= 0.3 is 0 Å². The fourth-order valence-electron chi connectivity index (χ4n) is 2.63. The molecule has 0 N–H and O–H groups in total. The van der Waals surface area contributed by atoms with Crippen LogP contribution in [0.2, 0.25) is 0 Å². The van der Waals surface area contributed by atoms with Crippen LogP contribution in [0.25, 0.3) is 11.5 Å². The lowest BCUT2D eigenvalue weighted by atomic mass is 10.1. The summed E-state index contributed by atoms with van der Waals surface area (Å²) in [6, 6.07) is 17.2. The summed E-state index contributed by atoms with van der Waals surface area (Å²) in [6.07, 6.45) is 0.00755. The second-order valence-electron chi connectivity index (χ2n) is 6.39. The number of rotatable bonds is 7. The average molecular weight is 365 g/mol. The van der Waals surface area contributed by atoms with Crippen LogP contribution in [0.1, 0.15) is 24.8 Å². The lowest BCUT2D eigenvalue weighted by Crippen LogP contribution is -2.39. The van der Waals surface area contributed by atoms with E-state index in [0.29, 0.717) is 24.0 Å². The smallest absolute Gasteiger partial charge is 0.263 e. The summed E-state index contributed by atoms with van der Waals surface area (Å²) in [7, 11) is 1.70. The van der Waals surface area contributed by atoms with Crippen molar-refractivity contribution in [3.63, 3.8) is 0 Å². The maximum Gasteiger partial charge on any atom is 0.263 e. The molecule has 1 heterocycles. The van der Waals surface area contributed by atoms with Crippen molar-refractivity contribution in [3.8, 4) is 17.2 Å². The maximum atomic E-state index is 12.7. The minimum Gasteiger partial charge on any atom is -0.481 e. The summed E-state index contributed by atoms with van der Waals surface area (Å²) in [4.78, 5) is 14.3. The van der Waals surface area contributed by atoms with Crippen LogP contribution >= 0.6 is 0 Å². The van der Waals surface area contributed by atoms with Crippen molar-refractivity contribution in [2.45, 2.75) is 32.9 Å². The van der Waals surface area contributed by atoms with Gasteiger partial charge in [0.25, 0.3) is 5.91 Å². The maximum absolute atomic E-state index is 12.7. The fourth-order valence-corrected chi connectivity index (χ4v) is 2.63. The number of benzene rings is 2. The van der Waals surface area contributed by atoms with Crippen LogP contribution in [0, 0.1) is 6.92 Å². The largest absolute Gasteiger partial charge is 0.481 e. The first-order valence-electron chi connectivity index (χ1n) is 8.93. The van der Waals surface area contributed by atoms with E-state index in [2.05, 4.69) is 10.2 Å². The number of amides is 1. The van der Waals surface area contributed by atoms with Gasteiger partial charge < -0.3 is 14.1 Å². The molecule has 0 fully saturated rings. The van der Waals surface area contributed by atoms with Gasteiger partial charge in [0.1, 0.15) is 5.75 Å². The summed E-state index contributed by atoms with van der Waals surface area (Å²) in [5.74, 6) is 1.37. The lowest BCUT2D eigenvalue weighted by Gasteiger charge is -2.22. The van der Waals surface area contributed by atoms with E-state index in [0.717, 1.165) is 11.1 Å². The molecule has 0 unspecified atom stereocenters. The number of carbonyl (C=O) groups excluding carboxylic acids is 1. The van der Waals surface area contributed by atoms with E-state index in [4.69, 9.17) is 9.15 Å². The first kappa shape index (κ1) is 18.6. The average Bonchev–Trinajstić information content (AvgIpc) is 3.15. The molecule has 0 aliphatic carbocycles. The molecule has 3 aromatic rings. The van der Waals surface area contributed by atoms with Gasteiger partial charge in [-0.15, -0.1) is 10.2 Å². The molecule has 0 spiro atoms. The number of ether oxygens (including phenoxy) is 1. The second kappa shape index (κ2) is 8.49. The van der Waals surface area contributed by atoms with Gasteiger partial charge in [0.05, 0.1) is 6.54 Å². The molecule has 1 amide bonds. The zero-order valence-corrected chi connectivity index (χ0v) is 15.8. The van der Waals surface area contributed by atoms with E-state index in [9.17, 15) is 4.79 Å². The number of para-hydroxylation sites is 1. The molecule has 1 atom stereocenters. The molecule has 0 saturated carbocycles. The van der Waals surface area contributed by atoms with Crippen LogP contribution in [0.3, 0.4) is 0 Å². The molecule has 27 heavy (non-hydrogen) atoms. The van der Waals surface area contributed by atoms with Crippen molar-refractivity contribution in [1.29, 1.82) is 0 Å². The topological polar surface area (TPSA) is 68.5 Å². The Bertz CT molecular complexity index is 875. The number of hydrogen-bond donors (Lipinski definition) is 0. The summed E-state index contributed by atoms with van der Waals surface area (Å²) in [6.45, 7) is 4.17. The molecular weight excluding hydrogens is 342 g/mol. The molecule has 0 radical (unpaired) electrons. The van der Waals surface area contributed by atoms with Gasteiger partial charge in [0.2, 0.25) is 11.8 Å². The van der Waals surface area contributed by atoms with Crippen LogP contribution in [-0.2, 0) is 11.3 Å². The SMILES string of the molecule is CC[C@@H](Oc1ccccc1)C(=O)N(C)Cc1nnc(-c2ccc(C)cc2)o1. The number of aromatic nitrogens is 2. The number of likely N-dealkylation sites (N-methyl/N-ethyl adjacent to an activating group) is 1. The Balaban J connectivity index is 1.64. The van der Waals surface area contributed by atoms with Gasteiger partial charge in [0.15, 0.2) is 6.10 Å². The zero-order valence-electron chi connectivity index (χ0n) is 15.8. The Labute approximate surface area is 158 Å². The van der Waals surface area contributed by atoms with Crippen LogP contribution in [0.4, 0.5) is 0 Å². The molecule has 1 aromatic heterocycles. The first-order valence-corrected chi connectivity index (χ1v) is 8.93. The minimum absolute atomic E-state index is 0.128. The third-order valence-corrected chi connectivity index (χ3v) is 4.18. The lowest BCUT2D eigenvalue weighted by molar-refractivity contribution is -0.138. The molecular formula is C21H23N3O3. The summed E-state index contributed by atoms with van der Waals surface area (Å²) in [5.41, 5.74) is 2.01. The molecule has 0 bridgehead atoms. The zero-order chi connectivity index (χ0) is 19.2. The standard InChI is InChI=1S/C21H23N3O3/c1-4-18(26-17-8-6-5-7-9-17)21(25)24(3)14-19-22-23-20(27-19)16-12-10-15(2)11-13-16/h5-13,18H,4,14H2,1-3H3/t18-/m1/s1. The van der Waals surface area contributed by atoms with E-state index in [1.807, 2.05) is 68.4 Å². The van der Waals surface area contributed by atoms with Crippen molar-refractivity contribution in [3.05, 3.63) is 66.1 Å². The highest BCUT2D eigenvalue weighted by Gasteiger charge is 2.24. The molecule has 0 aliphatic heterocycles. The van der Waals surface area contributed by atoms with E-state index in [-0.39, 0.29) is 12.5 Å². The van der Waals surface area contributed by atoms with Crippen molar-refractivity contribution in [2.75, 3.05) is 7.05 Å². The summed E-state index contributed by atoms with van der Waals surface area (Å²) >= 11 is 0. The van der Waals surface area contributed by atoms with Crippen LogP contribution in [0.5, 0.6) is 5.75 Å². The Morgan fingerprint density at radius 2 is 1.81 bits per heavy atom. The summed E-state index contributed by atoms with van der Waals surface area (Å²) < 4.78 is 11.5. The highest BCUT2D eigenvalue weighted by Crippen LogP contribution is 2.19. The van der Waals surface area contributed by atoms with Crippen LogP contribution < -0.4 is 4.74 Å². The van der Waals surface area contributed by atoms with Crippen molar-refractivity contribution >= 4 is 5.91 Å². The molecule has 0 saturated heterocycles. The third-order valence-electron chi connectivity index (χ3n) is 4.18. The van der Waals surface area contributed by atoms with Gasteiger partial charge in [-0.05, 0) is 37.6 Å². The van der Waals surface area contributed by atoms with E-state index < -0.39 is 6.10 Å². The molecule has 2 aromatic carbocycles. The first-order chi connectivity index (χ1) is 13.1. The highest BCUT2D eigenvalue weighted by atomic mass is 16.5. The molecule has 3 rings (SSSR count). The molecule has 140 valence electrons. The minimum atomic E-state index is -0.558. The molecule has 6 nitrogen and oxygen atoms in total. The fraction of sp³-hybridized carbons (Fsp3) is 0.286. The predicted molar refractivity (Wildman–Crippen MR) is 102 cm³/mol. The number of nitrogens with zero attached hydrogens (tertiary/aromatic N) is 3. The van der Waals surface area contributed by atoms with Gasteiger partial charge in [-0.2, -0.15) is 0 Å². The van der Waals surface area contributed by atoms with Crippen LogP contribution in [-0.4, -0.2) is 34.2 Å². The Morgan fingerprint density at radius 3 is 2.48 bits per heavy atom. The third kappa shape index (κ3) is 4.73. The van der Waals surface area contributed by atoms with Gasteiger partial charge in [-0.3, -0.25) is 4.79 Å². The van der Waals surface area contributed by atoms with Crippen molar-refractivity contribution < 1.29 is 13.9 Å². The Morgan fingerprint density at radius 1 is 1.11 bits per heavy atom. The van der Waals surface area contributed by atoms with Gasteiger partial charge in [-0.1, -0.05) is 42.8 Å². The monoisotopic (exact) mass is 365 g/mol. The van der Waals surface area contributed by atoms with E-state index in [1.54, 1.807) is 11.9 Å².